The molecular weight excluding hydrogens is 404 g/mol. The van der Waals surface area contributed by atoms with Crippen molar-refractivity contribution in [1.29, 1.82) is 0 Å². The number of rotatable bonds is 6. The maximum atomic E-state index is 13.0. The van der Waals surface area contributed by atoms with Crippen LogP contribution in [-0.4, -0.2) is 48.9 Å². The van der Waals surface area contributed by atoms with E-state index in [1.165, 1.54) is 5.56 Å². The Hall–Kier alpha value is -2.29. The van der Waals surface area contributed by atoms with E-state index in [1.807, 2.05) is 40.6 Å². The molecule has 2 aromatic heterocycles. The van der Waals surface area contributed by atoms with Gasteiger partial charge in [-0.1, -0.05) is 31.5 Å². The first-order chi connectivity index (χ1) is 14.1. The number of hydrogen-bond donors (Lipinski definition) is 0. The van der Waals surface area contributed by atoms with Crippen molar-refractivity contribution in [3.05, 3.63) is 59.6 Å². The number of hydrogen-bond acceptors (Lipinski definition) is 6. The fourth-order valence-electron chi connectivity index (χ4n) is 3.46. The molecule has 0 amide bonds. The van der Waals surface area contributed by atoms with Crippen LogP contribution in [0.15, 0.2) is 58.9 Å². The van der Waals surface area contributed by atoms with Crippen molar-refractivity contribution in [3.63, 3.8) is 0 Å². The second-order valence-corrected chi connectivity index (χ2v) is 9.89. The minimum Gasteiger partial charge on any atom is -0.338 e. The molecule has 0 saturated carbocycles. The molecule has 0 N–H and O–H groups in total. The predicted octanol–water partition coefficient (Wildman–Crippen LogP) is 3.67. The molecule has 1 aliphatic heterocycles. The molecule has 0 bridgehead atoms. The van der Waals surface area contributed by atoms with Gasteiger partial charge in [0.1, 0.15) is 0 Å². The number of aryl methyl sites for hydroxylation is 1. The topological polar surface area (TPSA) is 66.4 Å². The van der Waals surface area contributed by atoms with Crippen LogP contribution in [0.3, 0.4) is 0 Å². The Morgan fingerprint density at radius 1 is 1.03 bits per heavy atom. The highest BCUT2D eigenvalue weighted by Gasteiger charge is 2.29. The molecule has 0 atom stereocenters. The highest BCUT2D eigenvalue weighted by Crippen LogP contribution is 2.25. The summed E-state index contributed by atoms with van der Waals surface area (Å²) in [6.07, 6.45) is 3.77. The van der Waals surface area contributed by atoms with E-state index in [2.05, 4.69) is 16.9 Å². The third kappa shape index (κ3) is 4.34. The quantitative estimate of drug-likeness (QED) is 0.599. The van der Waals surface area contributed by atoms with Crippen molar-refractivity contribution in [3.8, 4) is 10.6 Å². The Labute approximate surface area is 175 Å². The second-order valence-electron chi connectivity index (χ2n) is 7.00. The third-order valence-corrected chi connectivity index (χ3v) is 7.84. The van der Waals surface area contributed by atoms with E-state index < -0.39 is 10.0 Å². The molecule has 3 heterocycles. The van der Waals surface area contributed by atoms with Crippen molar-refractivity contribution in [2.75, 3.05) is 31.1 Å². The van der Waals surface area contributed by atoms with Crippen LogP contribution in [0, 0.1) is 0 Å². The zero-order valence-electron chi connectivity index (χ0n) is 16.4. The van der Waals surface area contributed by atoms with Gasteiger partial charge in [0.15, 0.2) is 0 Å². The molecule has 1 aromatic carbocycles. The zero-order valence-corrected chi connectivity index (χ0v) is 18.0. The fraction of sp³-hybridized carbons (Fsp3) is 0.333. The number of nitrogens with zero attached hydrogens (tertiary/aromatic N) is 4. The van der Waals surface area contributed by atoms with Gasteiger partial charge in [-0.2, -0.15) is 4.31 Å². The van der Waals surface area contributed by atoms with Gasteiger partial charge in [-0.3, -0.25) is 0 Å². The zero-order chi connectivity index (χ0) is 20.3. The predicted molar refractivity (Wildman–Crippen MR) is 117 cm³/mol. The van der Waals surface area contributed by atoms with Crippen LogP contribution in [-0.2, 0) is 16.4 Å². The van der Waals surface area contributed by atoms with Crippen molar-refractivity contribution in [2.45, 2.75) is 24.7 Å². The van der Waals surface area contributed by atoms with Crippen LogP contribution >= 0.6 is 11.3 Å². The molecule has 0 spiro atoms. The lowest BCUT2D eigenvalue weighted by Crippen LogP contribution is -2.49. The Balaban J connectivity index is 1.44. The number of anilines is 1. The highest BCUT2D eigenvalue weighted by molar-refractivity contribution is 7.89. The van der Waals surface area contributed by atoms with Gasteiger partial charge in [-0.15, -0.1) is 11.3 Å². The van der Waals surface area contributed by atoms with Gasteiger partial charge in [0.05, 0.1) is 15.5 Å². The normalized spacial score (nSPS) is 15.6. The van der Waals surface area contributed by atoms with Gasteiger partial charge in [-0.25, -0.2) is 18.4 Å². The maximum Gasteiger partial charge on any atom is 0.243 e. The molecule has 0 unspecified atom stereocenters. The molecule has 0 aliphatic carbocycles. The minimum atomic E-state index is -3.48. The molecule has 0 radical (unpaired) electrons. The standard InChI is InChI=1S/C21H24N4O2S2/c1-2-4-17-6-8-18(9-7-17)29(26,27)25-14-12-24(13-15-25)21-22-11-10-19(23-21)20-5-3-16-28-20/h3,5-11,16H,2,4,12-15H2,1H3. The van der Waals surface area contributed by atoms with Gasteiger partial charge in [0.2, 0.25) is 16.0 Å². The fourth-order valence-corrected chi connectivity index (χ4v) is 5.57. The van der Waals surface area contributed by atoms with Crippen molar-refractivity contribution in [2.24, 2.45) is 0 Å². The first kappa shape index (κ1) is 20.0. The van der Waals surface area contributed by atoms with Gasteiger partial charge in [0.25, 0.3) is 0 Å². The van der Waals surface area contributed by atoms with Crippen molar-refractivity contribution >= 4 is 27.3 Å². The summed E-state index contributed by atoms with van der Waals surface area (Å²) in [5.74, 6) is 0.650. The molecular formula is C21H24N4O2S2. The van der Waals surface area contributed by atoms with E-state index in [1.54, 1.807) is 34.0 Å². The maximum absolute atomic E-state index is 13.0. The van der Waals surface area contributed by atoms with Gasteiger partial charge in [0, 0.05) is 32.4 Å². The average Bonchev–Trinajstić information content (AvgIpc) is 3.30. The van der Waals surface area contributed by atoms with E-state index in [4.69, 9.17) is 0 Å². The molecule has 152 valence electrons. The summed E-state index contributed by atoms with van der Waals surface area (Å²) in [6, 6.07) is 13.2. The van der Waals surface area contributed by atoms with Crippen LogP contribution < -0.4 is 4.90 Å². The summed E-state index contributed by atoms with van der Waals surface area (Å²) >= 11 is 1.64. The number of piperazine rings is 1. The third-order valence-electron chi connectivity index (χ3n) is 5.04. The van der Waals surface area contributed by atoms with Crippen LogP contribution in [0.2, 0.25) is 0 Å². The van der Waals surface area contributed by atoms with E-state index >= 15 is 0 Å². The molecule has 6 nitrogen and oxygen atoms in total. The van der Waals surface area contributed by atoms with Crippen LogP contribution in [0.1, 0.15) is 18.9 Å². The highest BCUT2D eigenvalue weighted by atomic mass is 32.2. The van der Waals surface area contributed by atoms with E-state index in [-0.39, 0.29) is 0 Å². The minimum absolute atomic E-state index is 0.363. The van der Waals surface area contributed by atoms with Crippen LogP contribution in [0.4, 0.5) is 5.95 Å². The van der Waals surface area contributed by atoms with Crippen molar-refractivity contribution < 1.29 is 8.42 Å². The van der Waals surface area contributed by atoms with Gasteiger partial charge in [-0.05, 0) is 41.6 Å². The second kappa shape index (κ2) is 8.61. The molecule has 1 fully saturated rings. The summed E-state index contributed by atoms with van der Waals surface area (Å²) in [5.41, 5.74) is 2.06. The lowest BCUT2D eigenvalue weighted by atomic mass is 10.1. The molecule has 29 heavy (non-hydrogen) atoms. The molecule has 1 saturated heterocycles. The molecule has 1 aliphatic rings. The smallest absolute Gasteiger partial charge is 0.243 e. The Kier molecular flexibility index (Phi) is 5.94. The molecule has 8 heteroatoms. The number of benzene rings is 1. The van der Waals surface area contributed by atoms with E-state index in [9.17, 15) is 8.42 Å². The largest absolute Gasteiger partial charge is 0.338 e. The number of thiophene rings is 1. The summed E-state index contributed by atoms with van der Waals surface area (Å²) < 4.78 is 27.5. The molecule has 4 rings (SSSR count). The number of aromatic nitrogens is 2. The monoisotopic (exact) mass is 428 g/mol. The Morgan fingerprint density at radius 2 is 1.79 bits per heavy atom. The first-order valence-corrected chi connectivity index (χ1v) is 12.1. The molecule has 3 aromatic rings. The number of sulfonamides is 1. The summed E-state index contributed by atoms with van der Waals surface area (Å²) in [5, 5.41) is 2.02. The Bertz CT molecular complexity index is 1040. The lowest BCUT2D eigenvalue weighted by molar-refractivity contribution is 0.382. The lowest BCUT2D eigenvalue weighted by Gasteiger charge is -2.34. The van der Waals surface area contributed by atoms with Crippen LogP contribution in [0.25, 0.3) is 10.6 Å². The summed E-state index contributed by atoms with van der Waals surface area (Å²) in [4.78, 5) is 12.6. The van der Waals surface area contributed by atoms with E-state index in [0.29, 0.717) is 37.0 Å². The SMILES string of the molecule is CCCc1ccc(S(=O)(=O)N2CCN(c3nccc(-c4cccs4)n3)CC2)cc1. The van der Waals surface area contributed by atoms with Crippen molar-refractivity contribution in [1.82, 2.24) is 14.3 Å². The van der Waals surface area contributed by atoms with E-state index in [0.717, 1.165) is 23.4 Å². The van der Waals surface area contributed by atoms with Gasteiger partial charge >= 0.3 is 0 Å². The summed E-state index contributed by atoms with van der Waals surface area (Å²) in [6.45, 7) is 4.10. The van der Waals surface area contributed by atoms with Gasteiger partial charge < -0.3 is 4.90 Å². The first-order valence-electron chi connectivity index (χ1n) is 9.79. The Morgan fingerprint density at radius 3 is 2.45 bits per heavy atom. The summed E-state index contributed by atoms with van der Waals surface area (Å²) in [7, 11) is -3.48. The van der Waals surface area contributed by atoms with Crippen LogP contribution in [0.5, 0.6) is 0 Å². The average molecular weight is 429 g/mol.